The van der Waals surface area contributed by atoms with E-state index in [1.807, 2.05) is 35.2 Å². The van der Waals surface area contributed by atoms with Crippen LogP contribution in [0.1, 0.15) is 18.4 Å². The fourth-order valence-electron chi connectivity index (χ4n) is 3.33. The normalized spacial score (nSPS) is 21.2. The molecule has 120 valence electrons. The predicted octanol–water partition coefficient (Wildman–Crippen LogP) is 2.52. The Morgan fingerprint density at radius 1 is 1.26 bits per heavy atom. The maximum atomic E-state index is 11.3. The molecule has 0 saturated carbocycles. The minimum absolute atomic E-state index is 0.00808. The molecule has 2 aromatic rings. The van der Waals surface area contributed by atoms with E-state index in [9.17, 15) is 15.2 Å². The summed E-state index contributed by atoms with van der Waals surface area (Å²) in [7, 11) is 0. The van der Waals surface area contributed by atoms with E-state index in [1.165, 1.54) is 6.07 Å². The fraction of sp³-hybridized carbons (Fsp3) is 0.353. The van der Waals surface area contributed by atoms with Gasteiger partial charge in [0.15, 0.2) is 0 Å². The minimum Gasteiger partial charge on any atom is -0.395 e. The van der Waals surface area contributed by atoms with Crippen molar-refractivity contribution in [2.45, 2.75) is 18.3 Å². The van der Waals surface area contributed by atoms with Gasteiger partial charge in [-0.15, -0.1) is 0 Å². The largest absolute Gasteiger partial charge is 0.395 e. The van der Waals surface area contributed by atoms with Crippen LogP contribution >= 0.6 is 0 Å². The molecule has 6 nitrogen and oxygen atoms in total. The Labute approximate surface area is 134 Å². The van der Waals surface area contributed by atoms with Crippen LogP contribution in [0, 0.1) is 10.1 Å². The van der Waals surface area contributed by atoms with Crippen LogP contribution < -0.4 is 4.90 Å². The maximum absolute atomic E-state index is 11.3. The van der Waals surface area contributed by atoms with Gasteiger partial charge < -0.3 is 10.0 Å². The van der Waals surface area contributed by atoms with Gasteiger partial charge in [0.05, 0.1) is 11.5 Å². The van der Waals surface area contributed by atoms with Crippen LogP contribution in [0.2, 0.25) is 0 Å². The maximum Gasteiger partial charge on any atom is 0.311 e. The first kappa shape index (κ1) is 15.4. The van der Waals surface area contributed by atoms with Crippen LogP contribution in [0.15, 0.2) is 48.7 Å². The van der Waals surface area contributed by atoms with Crippen molar-refractivity contribution in [3.63, 3.8) is 0 Å². The number of piperidine rings is 1. The highest BCUT2D eigenvalue weighted by molar-refractivity contribution is 5.58. The zero-order chi connectivity index (χ0) is 16.3. The summed E-state index contributed by atoms with van der Waals surface area (Å²) in [5.41, 5.74) is 0.658. The number of aromatic nitrogens is 1. The number of anilines is 1. The van der Waals surface area contributed by atoms with Gasteiger partial charge in [0.25, 0.3) is 0 Å². The van der Waals surface area contributed by atoms with Gasteiger partial charge in [0.2, 0.25) is 5.82 Å². The Bertz CT molecular complexity index is 692. The molecule has 3 rings (SSSR count). The topological polar surface area (TPSA) is 79.5 Å². The Balaban J connectivity index is 1.96. The minimum atomic E-state index is -0.412. The molecule has 1 aromatic carbocycles. The van der Waals surface area contributed by atoms with Crippen LogP contribution in [0.3, 0.4) is 0 Å². The molecule has 1 saturated heterocycles. The van der Waals surface area contributed by atoms with Crippen LogP contribution in [-0.2, 0) is 5.41 Å². The third-order valence-electron chi connectivity index (χ3n) is 4.53. The van der Waals surface area contributed by atoms with E-state index in [1.54, 1.807) is 12.3 Å². The quantitative estimate of drug-likeness (QED) is 0.693. The number of aliphatic hydroxyl groups is 1. The van der Waals surface area contributed by atoms with Crippen molar-refractivity contribution in [1.82, 2.24) is 4.98 Å². The predicted molar refractivity (Wildman–Crippen MR) is 87.5 cm³/mol. The van der Waals surface area contributed by atoms with Crippen molar-refractivity contribution in [2.24, 2.45) is 0 Å². The number of hydrogen-bond acceptors (Lipinski definition) is 5. The van der Waals surface area contributed by atoms with Crippen molar-refractivity contribution in [2.75, 3.05) is 24.6 Å². The molecular formula is C17H19N3O3. The molecular weight excluding hydrogens is 294 g/mol. The van der Waals surface area contributed by atoms with Crippen LogP contribution in [0.5, 0.6) is 0 Å². The lowest BCUT2D eigenvalue weighted by Gasteiger charge is -2.42. The van der Waals surface area contributed by atoms with Gasteiger partial charge in [-0.1, -0.05) is 30.3 Å². The highest BCUT2D eigenvalue weighted by Crippen LogP contribution is 2.37. The molecule has 1 aliphatic heterocycles. The van der Waals surface area contributed by atoms with Crippen LogP contribution in [0.4, 0.5) is 11.5 Å². The molecule has 0 bridgehead atoms. The van der Waals surface area contributed by atoms with Gasteiger partial charge in [-0.05, 0) is 24.5 Å². The van der Waals surface area contributed by atoms with Crippen LogP contribution in [0.25, 0.3) is 0 Å². The summed E-state index contributed by atoms with van der Waals surface area (Å²) >= 11 is 0. The summed E-state index contributed by atoms with van der Waals surface area (Å²) < 4.78 is 0. The Hall–Kier alpha value is -2.47. The average molecular weight is 313 g/mol. The second-order valence-corrected chi connectivity index (χ2v) is 5.93. The first-order chi connectivity index (χ1) is 11.2. The third kappa shape index (κ3) is 2.90. The van der Waals surface area contributed by atoms with Crippen LogP contribution in [-0.4, -0.2) is 34.7 Å². The zero-order valence-corrected chi connectivity index (χ0v) is 12.8. The van der Waals surface area contributed by atoms with Crippen molar-refractivity contribution in [1.29, 1.82) is 0 Å². The summed E-state index contributed by atoms with van der Waals surface area (Å²) in [6.07, 6.45) is 3.27. The fourth-order valence-corrected chi connectivity index (χ4v) is 3.33. The van der Waals surface area contributed by atoms with E-state index >= 15 is 0 Å². The standard InChI is InChI=1S/C17H19N3O3/c21-13-17(14-6-2-1-3-7-14)9-5-11-19(12-17)16-15(20(22)23)8-4-10-18-16/h1-4,6-8,10,21H,5,9,11-13H2/t17-/m1/s1. The molecule has 0 amide bonds. The number of hydrogen-bond donors (Lipinski definition) is 1. The lowest BCUT2D eigenvalue weighted by atomic mass is 9.74. The van der Waals surface area contributed by atoms with Crippen molar-refractivity contribution in [3.05, 3.63) is 64.3 Å². The number of benzene rings is 1. The molecule has 1 aliphatic rings. The monoisotopic (exact) mass is 313 g/mol. The van der Waals surface area contributed by atoms with E-state index in [0.29, 0.717) is 18.9 Å². The van der Waals surface area contributed by atoms with E-state index in [0.717, 1.165) is 18.4 Å². The number of pyridine rings is 1. The third-order valence-corrected chi connectivity index (χ3v) is 4.53. The lowest BCUT2D eigenvalue weighted by Crippen LogP contribution is -2.48. The summed E-state index contributed by atoms with van der Waals surface area (Å²) in [5, 5.41) is 21.3. The molecule has 1 fully saturated rings. The van der Waals surface area contributed by atoms with Gasteiger partial charge in [0.1, 0.15) is 0 Å². The number of nitro groups is 1. The average Bonchev–Trinajstić information content (AvgIpc) is 2.62. The van der Waals surface area contributed by atoms with Crippen molar-refractivity contribution < 1.29 is 10.0 Å². The Kier molecular flexibility index (Phi) is 4.25. The molecule has 6 heteroatoms. The molecule has 0 radical (unpaired) electrons. The zero-order valence-electron chi connectivity index (χ0n) is 12.8. The number of nitrogens with zero attached hydrogens (tertiary/aromatic N) is 3. The SMILES string of the molecule is O=[N+]([O-])c1cccnc1N1CCC[C@@](CO)(c2ccccc2)C1. The van der Waals surface area contributed by atoms with E-state index in [-0.39, 0.29) is 12.3 Å². The first-order valence-corrected chi connectivity index (χ1v) is 7.67. The summed E-state index contributed by atoms with van der Waals surface area (Å²) in [6.45, 7) is 1.23. The van der Waals surface area contributed by atoms with Gasteiger partial charge in [0, 0.05) is 30.8 Å². The molecule has 0 spiro atoms. The Morgan fingerprint density at radius 3 is 2.74 bits per heavy atom. The molecule has 1 aromatic heterocycles. The van der Waals surface area contributed by atoms with Gasteiger partial charge in [-0.3, -0.25) is 10.1 Å². The highest BCUT2D eigenvalue weighted by atomic mass is 16.6. The molecule has 23 heavy (non-hydrogen) atoms. The molecule has 0 aliphatic carbocycles. The highest BCUT2D eigenvalue weighted by Gasteiger charge is 2.38. The molecule has 2 heterocycles. The summed E-state index contributed by atoms with van der Waals surface area (Å²) in [4.78, 5) is 17.0. The summed E-state index contributed by atoms with van der Waals surface area (Å²) in [6, 6.07) is 12.9. The summed E-state index contributed by atoms with van der Waals surface area (Å²) in [5.74, 6) is 0.381. The van der Waals surface area contributed by atoms with Gasteiger partial charge >= 0.3 is 5.69 Å². The lowest BCUT2D eigenvalue weighted by molar-refractivity contribution is -0.384. The van der Waals surface area contributed by atoms with E-state index < -0.39 is 10.3 Å². The number of aliphatic hydroxyl groups excluding tert-OH is 1. The van der Waals surface area contributed by atoms with Gasteiger partial charge in [-0.2, -0.15) is 0 Å². The molecule has 0 unspecified atom stereocenters. The van der Waals surface area contributed by atoms with Gasteiger partial charge in [-0.25, -0.2) is 4.98 Å². The number of rotatable bonds is 4. The first-order valence-electron chi connectivity index (χ1n) is 7.67. The smallest absolute Gasteiger partial charge is 0.311 e. The second kappa shape index (κ2) is 6.34. The van der Waals surface area contributed by atoms with E-state index in [2.05, 4.69) is 4.98 Å². The van der Waals surface area contributed by atoms with Crippen molar-refractivity contribution >= 4 is 11.5 Å². The second-order valence-electron chi connectivity index (χ2n) is 5.93. The van der Waals surface area contributed by atoms with Crippen molar-refractivity contribution in [3.8, 4) is 0 Å². The Morgan fingerprint density at radius 2 is 2.04 bits per heavy atom. The molecule has 1 N–H and O–H groups in total. The van der Waals surface area contributed by atoms with E-state index in [4.69, 9.17) is 0 Å². The molecule has 1 atom stereocenters.